The predicted molar refractivity (Wildman–Crippen MR) is 140 cm³/mol. The number of benzene rings is 5. The summed E-state index contributed by atoms with van der Waals surface area (Å²) in [6.45, 7) is 0. The topological polar surface area (TPSA) is 0 Å². The fourth-order valence-electron chi connectivity index (χ4n) is 4.41. The van der Waals surface area contributed by atoms with Gasteiger partial charge in [-0.15, -0.1) is 0 Å². The van der Waals surface area contributed by atoms with E-state index in [1.807, 2.05) is 0 Å². The van der Waals surface area contributed by atoms with Gasteiger partial charge in [0.05, 0.1) is 6.16 Å². The SMILES string of the molecule is Brc1ccc2ccc(C[P+](c3ccccc3)(c3ccccc3)c3ccccc3)cc2c1. The van der Waals surface area contributed by atoms with Crippen LogP contribution in [0.5, 0.6) is 0 Å². The minimum atomic E-state index is -1.88. The lowest BCUT2D eigenvalue weighted by atomic mass is 10.1. The van der Waals surface area contributed by atoms with Gasteiger partial charge in [-0.3, -0.25) is 0 Å². The molecule has 0 aliphatic rings. The summed E-state index contributed by atoms with van der Waals surface area (Å²) in [5.74, 6) is 0. The predicted octanol–water partition coefficient (Wildman–Crippen LogP) is 7.10. The summed E-state index contributed by atoms with van der Waals surface area (Å²) in [5, 5.41) is 6.80. The molecule has 0 spiro atoms. The molecule has 2 heteroatoms. The Morgan fingerprint density at radius 2 is 0.968 bits per heavy atom. The molecule has 0 unspecified atom stereocenters. The largest absolute Gasteiger partial charge is 0.116 e. The first-order valence-electron chi connectivity index (χ1n) is 10.5. The third-order valence-electron chi connectivity index (χ3n) is 5.88. The second kappa shape index (κ2) is 8.79. The van der Waals surface area contributed by atoms with Crippen LogP contribution >= 0.6 is 23.2 Å². The smallest absolute Gasteiger partial charge is 0.0620 e. The molecule has 0 atom stereocenters. The van der Waals surface area contributed by atoms with E-state index in [2.05, 4.69) is 143 Å². The van der Waals surface area contributed by atoms with E-state index in [4.69, 9.17) is 0 Å². The van der Waals surface area contributed by atoms with Crippen molar-refractivity contribution in [3.8, 4) is 0 Å². The molecule has 0 amide bonds. The second-order valence-electron chi connectivity index (χ2n) is 7.80. The Morgan fingerprint density at radius 3 is 1.48 bits per heavy atom. The van der Waals surface area contributed by atoms with Gasteiger partial charge in [-0.05, 0) is 70.9 Å². The molecule has 0 heterocycles. The molecule has 0 N–H and O–H groups in total. The molecule has 5 rings (SSSR count). The van der Waals surface area contributed by atoms with Crippen LogP contribution < -0.4 is 15.9 Å². The van der Waals surface area contributed by atoms with E-state index >= 15 is 0 Å². The van der Waals surface area contributed by atoms with Crippen LogP contribution in [0.2, 0.25) is 0 Å². The van der Waals surface area contributed by atoms with Gasteiger partial charge in [0.15, 0.2) is 0 Å². The molecule has 0 saturated carbocycles. The summed E-state index contributed by atoms with van der Waals surface area (Å²) in [7, 11) is -1.88. The first-order valence-corrected chi connectivity index (χ1v) is 13.3. The van der Waals surface area contributed by atoms with Crippen molar-refractivity contribution in [3.05, 3.63) is 137 Å². The third-order valence-corrected chi connectivity index (χ3v) is 10.7. The first kappa shape index (κ1) is 20.2. The third kappa shape index (κ3) is 3.97. The maximum Gasteiger partial charge on any atom is 0.116 e. The summed E-state index contributed by atoms with van der Waals surface area (Å²) < 4.78 is 1.12. The second-order valence-corrected chi connectivity index (χ2v) is 12.2. The normalized spacial score (nSPS) is 11.5. The van der Waals surface area contributed by atoms with Gasteiger partial charge in [-0.2, -0.15) is 0 Å². The van der Waals surface area contributed by atoms with Crippen LogP contribution in [0.4, 0.5) is 0 Å². The first-order chi connectivity index (χ1) is 15.3. The molecule has 0 fully saturated rings. The van der Waals surface area contributed by atoms with Crippen molar-refractivity contribution >= 4 is 49.9 Å². The Labute approximate surface area is 193 Å². The fourth-order valence-corrected chi connectivity index (χ4v) is 9.02. The van der Waals surface area contributed by atoms with Gasteiger partial charge in [0.25, 0.3) is 0 Å². The van der Waals surface area contributed by atoms with E-state index in [0.717, 1.165) is 10.6 Å². The van der Waals surface area contributed by atoms with E-state index in [1.54, 1.807) is 0 Å². The molecule has 0 aliphatic heterocycles. The molecular formula is C29H23BrP+. The Morgan fingerprint density at radius 1 is 0.484 bits per heavy atom. The highest BCUT2D eigenvalue weighted by Gasteiger charge is 2.45. The quantitative estimate of drug-likeness (QED) is 0.235. The maximum absolute atomic E-state index is 3.64. The van der Waals surface area contributed by atoms with Crippen molar-refractivity contribution in [3.63, 3.8) is 0 Å². The van der Waals surface area contributed by atoms with Crippen LogP contribution in [-0.4, -0.2) is 0 Å². The summed E-state index contributed by atoms with van der Waals surface area (Å²) in [6, 6.07) is 46.7. The molecule has 0 radical (unpaired) electrons. The Bertz CT molecular complexity index is 1200. The van der Waals surface area contributed by atoms with E-state index in [9.17, 15) is 0 Å². The average Bonchev–Trinajstić information content (AvgIpc) is 2.84. The van der Waals surface area contributed by atoms with Crippen LogP contribution in [0.15, 0.2) is 132 Å². The molecule has 0 nitrogen and oxygen atoms in total. The summed E-state index contributed by atoms with van der Waals surface area (Å²) in [4.78, 5) is 0. The molecule has 0 saturated heterocycles. The molecule has 5 aromatic rings. The number of hydrogen-bond donors (Lipinski definition) is 0. The van der Waals surface area contributed by atoms with Gasteiger partial charge >= 0.3 is 0 Å². The van der Waals surface area contributed by atoms with Crippen molar-refractivity contribution in [2.45, 2.75) is 6.16 Å². The van der Waals surface area contributed by atoms with Gasteiger partial charge in [0, 0.05) is 4.47 Å². The monoisotopic (exact) mass is 481 g/mol. The van der Waals surface area contributed by atoms with Gasteiger partial charge in [0.1, 0.15) is 23.2 Å². The van der Waals surface area contributed by atoms with E-state index < -0.39 is 7.26 Å². The molecule has 0 aliphatic carbocycles. The van der Waals surface area contributed by atoms with Crippen LogP contribution in [0.3, 0.4) is 0 Å². The van der Waals surface area contributed by atoms with Gasteiger partial charge in [0.2, 0.25) is 0 Å². The van der Waals surface area contributed by atoms with Crippen molar-refractivity contribution in [1.29, 1.82) is 0 Å². The van der Waals surface area contributed by atoms with E-state index in [1.165, 1.54) is 32.2 Å². The average molecular weight is 482 g/mol. The molecule has 0 bridgehead atoms. The van der Waals surface area contributed by atoms with E-state index in [0.29, 0.717) is 0 Å². The standard InChI is InChI=1S/C29H23BrP/c30-26-19-18-24-17-16-23(20-25(24)21-26)22-31(27-10-4-1-5-11-27,28-12-6-2-7-13-28)29-14-8-3-9-15-29/h1-21H,22H2/q+1. The number of rotatable bonds is 5. The highest BCUT2D eigenvalue weighted by atomic mass is 79.9. The van der Waals surface area contributed by atoms with Crippen LogP contribution in [-0.2, 0) is 6.16 Å². The Kier molecular flexibility index (Phi) is 5.72. The lowest BCUT2D eigenvalue weighted by Crippen LogP contribution is -2.32. The zero-order valence-corrected chi connectivity index (χ0v) is 19.6. The summed E-state index contributed by atoms with van der Waals surface area (Å²) in [6.07, 6.45) is 0.994. The highest BCUT2D eigenvalue weighted by Crippen LogP contribution is 2.58. The molecule has 150 valence electrons. The molecule has 31 heavy (non-hydrogen) atoms. The van der Waals surface area contributed by atoms with Gasteiger partial charge < -0.3 is 0 Å². The highest BCUT2D eigenvalue weighted by molar-refractivity contribution is 9.10. The van der Waals surface area contributed by atoms with Crippen molar-refractivity contribution in [2.24, 2.45) is 0 Å². The number of hydrogen-bond acceptors (Lipinski definition) is 0. The van der Waals surface area contributed by atoms with Crippen LogP contribution in [0, 0.1) is 0 Å². The zero-order valence-electron chi connectivity index (χ0n) is 17.2. The number of halogens is 1. The lowest BCUT2D eigenvalue weighted by Gasteiger charge is -2.28. The van der Waals surface area contributed by atoms with E-state index in [-0.39, 0.29) is 0 Å². The lowest BCUT2D eigenvalue weighted by molar-refractivity contribution is 1.41. The van der Waals surface area contributed by atoms with Crippen molar-refractivity contribution in [1.82, 2.24) is 0 Å². The number of fused-ring (bicyclic) bond motifs is 1. The maximum atomic E-state index is 3.64. The van der Waals surface area contributed by atoms with Crippen molar-refractivity contribution in [2.75, 3.05) is 0 Å². The van der Waals surface area contributed by atoms with Crippen LogP contribution in [0.25, 0.3) is 10.8 Å². The van der Waals surface area contributed by atoms with Crippen molar-refractivity contribution < 1.29 is 0 Å². The molecule has 5 aromatic carbocycles. The summed E-state index contributed by atoms with van der Waals surface area (Å²) >= 11 is 3.64. The zero-order chi connectivity index (χ0) is 21.1. The molecule has 0 aromatic heterocycles. The fraction of sp³-hybridized carbons (Fsp3) is 0.0345. The minimum absolute atomic E-state index is 0.994. The van der Waals surface area contributed by atoms with Crippen LogP contribution in [0.1, 0.15) is 5.56 Å². The van der Waals surface area contributed by atoms with Gasteiger partial charge in [-0.25, -0.2) is 0 Å². The minimum Gasteiger partial charge on any atom is -0.0620 e. The Hall–Kier alpha value is -2.73. The summed E-state index contributed by atoms with van der Waals surface area (Å²) in [5.41, 5.74) is 1.37. The Balaban J connectivity index is 1.76. The van der Waals surface area contributed by atoms with Gasteiger partial charge in [-0.1, -0.05) is 88.7 Å². The molecular weight excluding hydrogens is 459 g/mol.